The molecule has 4 nitrogen and oxygen atoms in total. The molecule has 0 saturated heterocycles. The summed E-state index contributed by atoms with van der Waals surface area (Å²) in [5, 5.41) is 0. The third-order valence-corrected chi connectivity index (χ3v) is 3.98. The van der Waals surface area contributed by atoms with E-state index >= 15 is 0 Å². The molecular formula is C18H16F3NO3. The molecule has 1 heterocycles. The molecule has 0 aromatic heterocycles. The largest absolute Gasteiger partial charge is 0.473 e. The first-order valence-electron chi connectivity index (χ1n) is 7.52. The third kappa shape index (κ3) is 2.79. The van der Waals surface area contributed by atoms with Crippen molar-refractivity contribution in [2.45, 2.75) is 18.9 Å². The van der Waals surface area contributed by atoms with Crippen LogP contribution in [0.5, 0.6) is 5.75 Å². The summed E-state index contributed by atoms with van der Waals surface area (Å²) in [5.74, 6) is -4.40. The van der Waals surface area contributed by atoms with E-state index in [1.165, 1.54) is 36.4 Å². The summed E-state index contributed by atoms with van der Waals surface area (Å²) >= 11 is 0. The third-order valence-electron chi connectivity index (χ3n) is 3.98. The van der Waals surface area contributed by atoms with E-state index in [2.05, 4.69) is 0 Å². The number of hydrogen-bond donors (Lipinski definition) is 0. The number of esters is 1. The van der Waals surface area contributed by atoms with Crippen LogP contribution in [0.15, 0.2) is 42.5 Å². The molecule has 0 unspecified atom stereocenters. The van der Waals surface area contributed by atoms with Crippen molar-refractivity contribution in [1.29, 1.82) is 0 Å². The van der Waals surface area contributed by atoms with Gasteiger partial charge in [0.25, 0.3) is 0 Å². The summed E-state index contributed by atoms with van der Waals surface area (Å²) < 4.78 is 51.6. The summed E-state index contributed by atoms with van der Waals surface area (Å²) in [6.45, 7) is 1.72. The second kappa shape index (κ2) is 5.68. The number of rotatable bonds is 2. The van der Waals surface area contributed by atoms with Crippen LogP contribution in [0.4, 0.5) is 18.9 Å². The maximum atomic E-state index is 13.9. The number of anilines is 1. The average Bonchev–Trinajstić information content (AvgIpc) is 2.54. The number of fused-ring (bicyclic) bond motifs is 1. The molecule has 25 heavy (non-hydrogen) atoms. The van der Waals surface area contributed by atoms with Gasteiger partial charge in [-0.15, -0.1) is 0 Å². The second-order valence-corrected chi connectivity index (χ2v) is 6.05. The Morgan fingerprint density at radius 1 is 1.00 bits per heavy atom. The maximum Gasteiger partial charge on any atom is 0.473 e. The highest BCUT2D eigenvalue weighted by atomic mass is 19.4. The van der Waals surface area contributed by atoms with Gasteiger partial charge < -0.3 is 14.4 Å². The smallest absolute Gasteiger partial charge is 0.440 e. The lowest BCUT2D eigenvalue weighted by Gasteiger charge is -2.38. The van der Waals surface area contributed by atoms with E-state index in [0.717, 1.165) is 0 Å². The lowest BCUT2D eigenvalue weighted by atomic mass is 10.0. The normalized spacial score (nSPS) is 19.7. The van der Waals surface area contributed by atoms with Crippen LogP contribution in [0.25, 0.3) is 0 Å². The maximum absolute atomic E-state index is 13.9. The van der Waals surface area contributed by atoms with E-state index < -0.39 is 17.9 Å². The van der Waals surface area contributed by atoms with Gasteiger partial charge in [-0.2, -0.15) is 13.2 Å². The second-order valence-electron chi connectivity index (χ2n) is 6.05. The molecule has 0 spiro atoms. The summed E-state index contributed by atoms with van der Waals surface area (Å²) in [6, 6.07) is 9.86. The van der Waals surface area contributed by atoms with Gasteiger partial charge in [0.2, 0.25) is 0 Å². The van der Waals surface area contributed by atoms with Crippen LogP contribution in [-0.4, -0.2) is 26.2 Å². The average molecular weight is 351 g/mol. The molecule has 1 aliphatic heterocycles. The van der Waals surface area contributed by atoms with Crippen LogP contribution in [0.2, 0.25) is 0 Å². The van der Waals surface area contributed by atoms with Crippen LogP contribution < -0.4 is 9.64 Å². The van der Waals surface area contributed by atoms with Gasteiger partial charge in [-0.05, 0) is 43.3 Å². The Hall–Kier alpha value is -2.70. The number of aryl methyl sites for hydroxylation is 1. The molecule has 0 aliphatic carbocycles. The predicted octanol–water partition coefficient (Wildman–Crippen LogP) is 4.03. The van der Waals surface area contributed by atoms with Gasteiger partial charge >= 0.3 is 17.9 Å². The molecule has 2 aromatic rings. The van der Waals surface area contributed by atoms with Crippen LogP contribution in [-0.2, 0) is 10.5 Å². The van der Waals surface area contributed by atoms with Gasteiger partial charge in [-0.1, -0.05) is 11.6 Å². The highest BCUT2D eigenvalue weighted by Crippen LogP contribution is 2.48. The number of carbonyl (C=O) groups excluding carboxylic acids is 1. The number of benzene rings is 2. The Labute approximate surface area is 142 Å². The van der Waals surface area contributed by atoms with Crippen LogP contribution in [0.1, 0.15) is 21.5 Å². The van der Waals surface area contributed by atoms with Crippen molar-refractivity contribution in [3.05, 3.63) is 59.2 Å². The van der Waals surface area contributed by atoms with Crippen molar-refractivity contribution in [3.8, 4) is 5.75 Å². The van der Waals surface area contributed by atoms with Gasteiger partial charge in [-0.25, -0.2) is 4.79 Å². The minimum Gasteiger partial charge on any atom is -0.440 e. The zero-order valence-corrected chi connectivity index (χ0v) is 13.8. The fraction of sp³-hybridized carbons (Fsp3) is 0.278. The highest BCUT2D eigenvalue weighted by molar-refractivity contribution is 5.94. The number of halogens is 3. The van der Waals surface area contributed by atoms with Crippen molar-refractivity contribution in [2.24, 2.45) is 0 Å². The van der Waals surface area contributed by atoms with Crippen LogP contribution >= 0.6 is 0 Å². The Balaban J connectivity index is 2.13. The minimum atomic E-state index is -4.95. The SMILES string of the molecule is Cc1ccc2c(c1)C(=O)O[C@@](c1ccc(N(C)C)cc1)(C(F)(F)F)O2. The van der Waals surface area contributed by atoms with Crippen molar-refractivity contribution < 1.29 is 27.4 Å². The Bertz CT molecular complexity index is 815. The van der Waals surface area contributed by atoms with Crippen molar-refractivity contribution in [3.63, 3.8) is 0 Å². The quantitative estimate of drug-likeness (QED) is 0.766. The molecule has 1 atom stereocenters. The molecule has 0 saturated carbocycles. The van der Waals surface area contributed by atoms with E-state index in [9.17, 15) is 18.0 Å². The molecule has 0 N–H and O–H groups in total. The van der Waals surface area contributed by atoms with Crippen LogP contribution in [0.3, 0.4) is 0 Å². The molecule has 7 heteroatoms. The molecule has 0 amide bonds. The first-order valence-corrected chi connectivity index (χ1v) is 7.52. The molecule has 0 bridgehead atoms. The minimum absolute atomic E-state index is 0.0233. The number of nitrogens with zero attached hydrogens (tertiary/aromatic N) is 1. The lowest BCUT2D eigenvalue weighted by molar-refractivity contribution is -0.345. The fourth-order valence-corrected chi connectivity index (χ4v) is 2.63. The summed E-state index contributed by atoms with van der Waals surface area (Å²) in [5.41, 5.74) is 1.10. The van der Waals surface area contributed by atoms with E-state index in [4.69, 9.17) is 9.47 Å². The van der Waals surface area contributed by atoms with Crippen LogP contribution in [0, 0.1) is 6.92 Å². The van der Waals surface area contributed by atoms with Gasteiger partial charge in [-0.3, -0.25) is 0 Å². The number of alkyl halides is 3. The number of carbonyl (C=O) groups is 1. The lowest BCUT2D eigenvalue weighted by Crippen LogP contribution is -2.53. The molecule has 3 rings (SSSR count). The number of cyclic esters (lactones) is 1. The Morgan fingerprint density at radius 2 is 1.64 bits per heavy atom. The predicted molar refractivity (Wildman–Crippen MR) is 85.7 cm³/mol. The molecule has 1 aliphatic rings. The van der Waals surface area contributed by atoms with Gasteiger partial charge in [0.05, 0.1) is 0 Å². The first-order chi connectivity index (χ1) is 11.6. The zero-order valence-electron chi connectivity index (χ0n) is 13.8. The van der Waals surface area contributed by atoms with E-state index in [1.54, 1.807) is 32.0 Å². The monoisotopic (exact) mass is 351 g/mol. The van der Waals surface area contributed by atoms with Gasteiger partial charge in [0.15, 0.2) is 0 Å². The Kier molecular flexibility index (Phi) is 3.89. The molecule has 2 aromatic carbocycles. The van der Waals surface area contributed by atoms with Crippen molar-refractivity contribution >= 4 is 11.7 Å². The fourth-order valence-electron chi connectivity index (χ4n) is 2.63. The molecule has 0 fully saturated rings. The number of ether oxygens (including phenoxy) is 2. The van der Waals surface area contributed by atoms with Gasteiger partial charge in [0, 0.05) is 25.3 Å². The molecular weight excluding hydrogens is 335 g/mol. The molecule has 132 valence electrons. The number of hydrogen-bond acceptors (Lipinski definition) is 4. The van der Waals surface area contributed by atoms with Crippen molar-refractivity contribution in [1.82, 2.24) is 0 Å². The first kappa shape index (κ1) is 17.1. The van der Waals surface area contributed by atoms with E-state index in [1.807, 2.05) is 0 Å². The summed E-state index contributed by atoms with van der Waals surface area (Å²) in [4.78, 5) is 14.0. The molecule has 0 radical (unpaired) electrons. The standard InChI is InChI=1S/C18H16F3NO3/c1-11-4-9-15-14(10-11)16(23)25-17(24-15,18(19,20)21)12-5-7-13(8-6-12)22(2)3/h4-10H,1-3H3/t17-/m0/s1. The van der Waals surface area contributed by atoms with Gasteiger partial charge in [0.1, 0.15) is 11.3 Å². The topological polar surface area (TPSA) is 38.8 Å². The zero-order chi connectivity index (χ0) is 18.4. The highest BCUT2D eigenvalue weighted by Gasteiger charge is 2.65. The van der Waals surface area contributed by atoms with E-state index in [-0.39, 0.29) is 16.9 Å². The summed E-state index contributed by atoms with van der Waals surface area (Å²) in [6.07, 6.45) is -4.95. The van der Waals surface area contributed by atoms with Crippen molar-refractivity contribution in [2.75, 3.05) is 19.0 Å². The van der Waals surface area contributed by atoms with E-state index in [0.29, 0.717) is 11.3 Å². The summed E-state index contributed by atoms with van der Waals surface area (Å²) in [7, 11) is 3.54. The Morgan fingerprint density at radius 3 is 2.20 bits per heavy atom.